The van der Waals surface area contributed by atoms with Crippen LogP contribution in [0.4, 0.5) is 0 Å². The lowest BCUT2D eigenvalue weighted by Gasteiger charge is -2.09. The first-order valence-corrected chi connectivity index (χ1v) is 8.48. The molecule has 0 radical (unpaired) electrons. The van der Waals surface area contributed by atoms with Gasteiger partial charge in [-0.15, -0.1) is 0 Å². The monoisotopic (exact) mass is 346 g/mol. The van der Waals surface area contributed by atoms with E-state index in [1.165, 1.54) is 0 Å². The molecule has 0 fully saturated rings. The number of hydrogen-bond donors (Lipinski definition) is 2. The largest absolute Gasteiger partial charge is 0.489 e. The number of carbonyl (C=O) groups excluding carboxylic acids is 1. The van der Waals surface area contributed by atoms with Gasteiger partial charge in [-0.05, 0) is 54.8 Å². The van der Waals surface area contributed by atoms with Crippen molar-refractivity contribution in [1.29, 1.82) is 0 Å². The number of carbonyl (C=O) groups is 1. The first-order chi connectivity index (χ1) is 11.7. The molecule has 1 amide bonds. The third-order valence-corrected chi connectivity index (χ3v) is 3.79. The molecule has 0 bridgehead atoms. The van der Waals surface area contributed by atoms with Gasteiger partial charge in [-0.3, -0.25) is 4.79 Å². The number of ether oxygens (including phenoxy) is 1. The van der Waals surface area contributed by atoms with Crippen molar-refractivity contribution in [2.75, 3.05) is 13.1 Å². The fourth-order valence-electron chi connectivity index (χ4n) is 2.24. The highest BCUT2D eigenvalue weighted by molar-refractivity contribution is 6.30. The molecule has 2 aromatic carbocycles. The summed E-state index contributed by atoms with van der Waals surface area (Å²) < 4.78 is 5.78. The van der Waals surface area contributed by atoms with Gasteiger partial charge in [0.1, 0.15) is 12.4 Å². The number of benzene rings is 2. The molecule has 128 valence electrons. The number of nitrogens with two attached hydrogens (primary N) is 1. The minimum absolute atomic E-state index is 0.0156. The van der Waals surface area contributed by atoms with E-state index in [2.05, 4.69) is 5.32 Å². The van der Waals surface area contributed by atoms with Crippen LogP contribution in [0.15, 0.2) is 48.5 Å². The summed E-state index contributed by atoms with van der Waals surface area (Å²) >= 11 is 5.87. The smallest absolute Gasteiger partial charge is 0.224 e. The highest BCUT2D eigenvalue weighted by Crippen LogP contribution is 2.16. The predicted octanol–water partition coefficient (Wildman–Crippen LogP) is 3.32. The van der Waals surface area contributed by atoms with Crippen molar-refractivity contribution in [2.45, 2.75) is 25.9 Å². The van der Waals surface area contributed by atoms with Crippen LogP contribution in [0, 0.1) is 0 Å². The normalized spacial score (nSPS) is 10.4. The summed E-state index contributed by atoms with van der Waals surface area (Å²) in [4.78, 5) is 11.9. The molecule has 0 spiro atoms. The van der Waals surface area contributed by atoms with Crippen molar-refractivity contribution in [1.82, 2.24) is 5.32 Å². The minimum Gasteiger partial charge on any atom is -0.489 e. The summed E-state index contributed by atoms with van der Waals surface area (Å²) in [5.41, 5.74) is 7.40. The molecule has 2 aromatic rings. The number of halogens is 1. The second kappa shape index (κ2) is 9.96. The fourth-order valence-corrected chi connectivity index (χ4v) is 2.36. The van der Waals surface area contributed by atoms with E-state index in [0.717, 1.165) is 29.7 Å². The zero-order valence-corrected chi connectivity index (χ0v) is 14.4. The van der Waals surface area contributed by atoms with E-state index in [0.29, 0.717) is 31.1 Å². The van der Waals surface area contributed by atoms with Gasteiger partial charge in [0.25, 0.3) is 0 Å². The molecular formula is C19H23ClN2O2. The summed E-state index contributed by atoms with van der Waals surface area (Å²) in [6.45, 7) is 1.79. The van der Waals surface area contributed by atoms with Gasteiger partial charge in [0, 0.05) is 11.6 Å². The molecule has 4 nitrogen and oxygen atoms in total. The van der Waals surface area contributed by atoms with E-state index in [1.54, 1.807) is 0 Å². The number of amides is 1. The van der Waals surface area contributed by atoms with Gasteiger partial charge in [-0.1, -0.05) is 35.9 Å². The fraction of sp³-hybridized carbons (Fsp3) is 0.316. The molecule has 5 heteroatoms. The quantitative estimate of drug-likeness (QED) is 0.684. The highest BCUT2D eigenvalue weighted by Gasteiger charge is 2.04. The molecule has 0 aliphatic carbocycles. The molecule has 0 aliphatic heterocycles. The maximum absolute atomic E-state index is 11.9. The average Bonchev–Trinajstić information content (AvgIpc) is 2.59. The predicted molar refractivity (Wildman–Crippen MR) is 97.2 cm³/mol. The number of unbranched alkanes of at least 4 members (excludes halogenated alkanes) is 1. The van der Waals surface area contributed by atoms with Gasteiger partial charge >= 0.3 is 0 Å². The van der Waals surface area contributed by atoms with Gasteiger partial charge in [0.15, 0.2) is 0 Å². The second-order valence-electron chi connectivity index (χ2n) is 5.59. The first-order valence-electron chi connectivity index (χ1n) is 8.10. The Hall–Kier alpha value is -2.04. The molecular weight excluding hydrogens is 324 g/mol. The van der Waals surface area contributed by atoms with Crippen molar-refractivity contribution in [3.05, 3.63) is 64.7 Å². The highest BCUT2D eigenvalue weighted by atomic mass is 35.5. The summed E-state index contributed by atoms with van der Waals surface area (Å²) in [5.74, 6) is 0.764. The average molecular weight is 347 g/mol. The first kappa shape index (κ1) is 18.3. The van der Waals surface area contributed by atoms with Crippen molar-refractivity contribution in [3.8, 4) is 5.75 Å². The standard InChI is InChI=1S/C19H23ClN2O2/c20-17-8-6-15(7-9-17)14-24-18-5-3-4-16(12-18)13-19(23)22-11-2-1-10-21/h3-9,12H,1-2,10-11,13-14,21H2,(H,22,23). The molecule has 0 saturated carbocycles. The second-order valence-corrected chi connectivity index (χ2v) is 6.02. The van der Waals surface area contributed by atoms with E-state index < -0.39 is 0 Å². The molecule has 0 atom stereocenters. The summed E-state index contributed by atoms with van der Waals surface area (Å²) in [5, 5.41) is 3.61. The molecule has 3 N–H and O–H groups in total. The van der Waals surface area contributed by atoms with E-state index in [9.17, 15) is 4.79 Å². The van der Waals surface area contributed by atoms with Gasteiger partial charge in [0.05, 0.1) is 6.42 Å². The van der Waals surface area contributed by atoms with E-state index in [4.69, 9.17) is 22.1 Å². The van der Waals surface area contributed by atoms with Crippen LogP contribution in [-0.4, -0.2) is 19.0 Å². The lowest BCUT2D eigenvalue weighted by Crippen LogP contribution is -2.26. The van der Waals surface area contributed by atoms with Crippen LogP contribution in [0.1, 0.15) is 24.0 Å². The van der Waals surface area contributed by atoms with Crippen LogP contribution in [-0.2, 0) is 17.8 Å². The van der Waals surface area contributed by atoms with E-state index in [1.807, 2.05) is 48.5 Å². The lowest BCUT2D eigenvalue weighted by molar-refractivity contribution is -0.120. The molecule has 2 rings (SSSR count). The van der Waals surface area contributed by atoms with Crippen molar-refractivity contribution in [3.63, 3.8) is 0 Å². The lowest BCUT2D eigenvalue weighted by atomic mass is 10.1. The van der Waals surface area contributed by atoms with Crippen molar-refractivity contribution < 1.29 is 9.53 Å². The van der Waals surface area contributed by atoms with Gasteiger partial charge in [0.2, 0.25) is 5.91 Å². The minimum atomic E-state index is 0.0156. The van der Waals surface area contributed by atoms with Crippen LogP contribution in [0.2, 0.25) is 5.02 Å². The Bertz CT molecular complexity index is 644. The van der Waals surface area contributed by atoms with Crippen LogP contribution < -0.4 is 15.8 Å². The van der Waals surface area contributed by atoms with E-state index >= 15 is 0 Å². The maximum atomic E-state index is 11.9. The Balaban J connectivity index is 1.82. The van der Waals surface area contributed by atoms with Crippen LogP contribution >= 0.6 is 11.6 Å². The molecule has 0 aliphatic rings. The zero-order valence-electron chi connectivity index (χ0n) is 13.6. The summed E-state index contributed by atoms with van der Waals surface area (Å²) in [7, 11) is 0. The zero-order chi connectivity index (χ0) is 17.2. The number of nitrogens with one attached hydrogen (secondary N) is 1. The Morgan fingerprint density at radius 3 is 2.62 bits per heavy atom. The summed E-state index contributed by atoms with van der Waals surface area (Å²) in [6.07, 6.45) is 2.18. The Labute approximate surface area is 148 Å². The molecule has 0 unspecified atom stereocenters. The maximum Gasteiger partial charge on any atom is 0.224 e. The third-order valence-electron chi connectivity index (χ3n) is 3.53. The van der Waals surface area contributed by atoms with Crippen molar-refractivity contribution >= 4 is 17.5 Å². The van der Waals surface area contributed by atoms with Gasteiger partial charge in [-0.25, -0.2) is 0 Å². The Kier molecular flexibility index (Phi) is 7.59. The molecule has 24 heavy (non-hydrogen) atoms. The van der Waals surface area contributed by atoms with Crippen LogP contribution in [0.25, 0.3) is 0 Å². The third kappa shape index (κ3) is 6.60. The van der Waals surface area contributed by atoms with Gasteiger partial charge in [-0.2, -0.15) is 0 Å². The molecule has 0 saturated heterocycles. The Morgan fingerprint density at radius 2 is 1.88 bits per heavy atom. The molecule has 0 aromatic heterocycles. The van der Waals surface area contributed by atoms with Gasteiger partial charge < -0.3 is 15.8 Å². The SMILES string of the molecule is NCCCCNC(=O)Cc1cccc(OCc2ccc(Cl)cc2)c1. The molecule has 0 heterocycles. The van der Waals surface area contributed by atoms with Crippen molar-refractivity contribution in [2.24, 2.45) is 5.73 Å². The topological polar surface area (TPSA) is 64.3 Å². The number of rotatable bonds is 9. The summed E-state index contributed by atoms with van der Waals surface area (Å²) in [6, 6.07) is 15.1. The Morgan fingerprint density at radius 1 is 1.08 bits per heavy atom. The van der Waals surface area contributed by atoms with E-state index in [-0.39, 0.29) is 5.91 Å². The van der Waals surface area contributed by atoms with Crippen LogP contribution in [0.5, 0.6) is 5.75 Å². The van der Waals surface area contributed by atoms with Crippen LogP contribution in [0.3, 0.4) is 0 Å². The number of hydrogen-bond acceptors (Lipinski definition) is 3.